The maximum atomic E-state index is 11.7. The summed E-state index contributed by atoms with van der Waals surface area (Å²) in [5.41, 5.74) is 0.538. The third-order valence-electron chi connectivity index (χ3n) is 2.63. The third-order valence-corrected chi connectivity index (χ3v) is 2.63. The van der Waals surface area contributed by atoms with Gasteiger partial charge < -0.3 is 10.1 Å². The van der Waals surface area contributed by atoms with Crippen LogP contribution in [0.15, 0.2) is 11.6 Å². The maximum Gasteiger partial charge on any atom is 0.407 e. The van der Waals surface area contributed by atoms with Crippen LogP contribution < -0.4 is 5.32 Å². The Morgan fingerprint density at radius 2 is 1.94 bits per heavy atom. The van der Waals surface area contributed by atoms with Gasteiger partial charge >= 0.3 is 6.09 Å². The standard InChI is InChI=1S/C14H23NO3/c1-9(2)6-12(16)11-7-10(11)8-15-13(17)18-14(3,4)5/h6,10-11H,7-8H2,1-5H3,(H,15,17)/t10-,11-/m1/s1. The quantitative estimate of drug-likeness (QED) is 0.784. The monoisotopic (exact) mass is 253 g/mol. The van der Waals surface area contributed by atoms with Crippen LogP contribution >= 0.6 is 0 Å². The van der Waals surface area contributed by atoms with Gasteiger partial charge in [-0.3, -0.25) is 4.79 Å². The van der Waals surface area contributed by atoms with Gasteiger partial charge in [0, 0.05) is 12.5 Å². The first-order valence-electron chi connectivity index (χ1n) is 6.34. The van der Waals surface area contributed by atoms with Crippen LogP contribution in [0.5, 0.6) is 0 Å². The first kappa shape index (κ1) is 14.7. The fourth-order valence-electron chi connectivity index (χ4n) is 1.74. The number of carbonyl (C=O) groups is 2. The number of hydrogen-bond acceptors (Lipinski definition) is 3. The summed E-state index contributed by atoms with van der Waals surface area (Å²) in [4.78, 5) is 23.1. The predicted molar refractivity (Wildman–Crippen MR) is 70.3 cm³/mol. The summed E-state index contributed by atoms with van der Waals surface area (Å²) in [6.45, 7) is 9.81. The van der Waals surface area contributed by atoms with E-state index >= 15 is 0 Å². The van der Waals surface area contributed by atoms with Crippen LogP contribution in [0.25, 0.3) is 0 Å². The zero-order valence-corrected chi connectivity index (χ0v) is 11.9. The molecule has 0 saturated heterocycles. The van der Waals surface area contributed by atoms with Crippen molar-refractivity contribution in [2.24, 2.45) is 11.8 Å². The molecule has 0 spiro atoms. The highest BCUT2D eigenvalue weighted by Gasteiger charge is 2.41. The molecule has 4 heteroatoms. The van der Waals surface area contributed by atoms with Crippen molar-refractivity contribution in [1.82, 2.24) is 5.32 Å². The molecule has 4 nitrogen and oxygen atoms in total. The Balaban J connectivity index is 2.26. The number of ether oxygens (including phenoxy) is 1. The summed E-state index contributed by atoms with van der Waals surface area (Å²) in [5, 5.41) is 2.71. The Morgan fingerprint density at radius 1 is 1.33 bits per heavy atom. The largest absolute Gasteiger partial charge is 0.444 e. The van der Waals surface area contributed by atoms with Gasteiger partial charge in [0.15, 0.2) is 5.78 Å². The van der Waals surface area contributed by atoms with Crippen molar-refractivity contribution in [2.75, 3.05) is 6.54 Å². The summed E-state index contributed by atoms with van der Waals surface area (Å²) in [6.07, 6.45) is 2.12. The molecule has 1 aliphatic carbocycles. The molecular weight excluding hydrogens is 230 g/mol. The highest BCUT2D eigenvalue weighted by molar-refractivity contribution is 5.94. The minimum Gasteiger partial charge on any atom is -0.444 e. The number of rotatable bonds is 4. The van der Waals surface area contributed by atoms with Crippen LogP contribution in [0, 0.1) is 11.8 Å². The summed E-state index contributed by atoms with van der Waals surface area (Å²) >= 11 is 0. The number of hydrogen-bond donors (Lipinski definition) is 1. The van der Waals surface area contributed by atoms with E-state index in [9.17, 15) is 9.59 Å². The molecule has 1 fully saturated rings. The smallest absolute Gasteiger partial charge is 0.407 e. The van der Waals surface area contributed by atoms with Gasteiger partial charge in [-0.15, -0.1) is 0 Å². The van der Waals surface area contributed by atoms with Crippen molar-refractivity contribution < 1.29 is 14.3 Å². The molecule has 1 aliphatic rings. The fourth-order valence-corrected chi connectivity index (χ4v) is 1.74. The number of allylic oxidation sites excluding steroid dienone is 2. The lowest BCUT2D eigenvalue weighted by Gasteiger charge is -2.19. The Morgan fingerprint density at radius 3 is 2.44 bits per heavy atom. The maximum absolute atomic E-state index is 11.7. The number of ketones is 1. The van der Waals surface area contributed by atoms with Crippen LogP contribution in [0.1, 0.15) is 41.0 Å². The van der Waals surface area contributed by atoms with Crippen LogP contribution in [0.3, 0.4) is 0 Å². The molecule has 18 heavy (non-hydrogen) atoms. The fraction of sp³-hybridized carbons (Fsp3) is 0.714. The molecule has 0 aliphatic heterocycles. The summed E-state index contributed by atoms with van der Waals surface area (Å²) in [5.74, 6) is 0.515. The second-order valence-electron chi connectivity index (χ2n) is 6.11. The topological polar surface area (TPSA) is 55.4 Å². The van der Waals surface area contributed by atoms with Crippen molar-refractivity contribution >= 4 is 11.9 Å². The molecule has 1 saturated carbocycles. The molecule has 1 rings (SSSR count). The van der Waals surface area contributed by atoms with Crippen LogP contribution in [-0.4, -0.2) is 24.0 Å². The van der Waals surface area contributed by atoms with E-state index in [2.05, 4.69) is 5.32 Å². The predicted octanol–water partition coefficient (Wildman–Crippen LogP) is 2.68. The number of alkyl carbamates (subject to hydrolysis) is 1. The number of carbonyl (C=O) groups excluding carboxylic acids is 2. The van der Waals surface area contributed by atoms with Crippen LogP contribution in [0.4, 0.5) is 4.79 Å². The minimum atomic E-state index is -0.481. The molecule has 0 aromatic carbocycles. The highest BCUT2D eigenvalue weighted by atomic mass is 16.6. The van der Waals surface area contributed by atoms with E-state index in [4.69, 9.17) is 4.74 Å². The second kappa shape index (κ2) is 5.55. The Labute approximate surface area is 109 Å². The Kier molecular flexibility index (Phi) is 4.54. The molecule has 0 bridgehead atoms. The average Bonchev–Trinajstić information content (AvgIpc) is 2.89. The van der Waals surface area contributed by atoms with Crippen molar-refractivity contribution in [2.45, 2.75) is 46.6 Å². The van der Waals surface area contributed by atoms with E-state index in [1.807, 2.05) is 34.6 Å². The van der Waals surface area contributed by atoms with Gasteiger partial charge in [0.25, 0.3) is 0 Å². The van der Waals surface area contributed by atoms with E-state index in [0.717, 1.165) is 12.0 Å². The van der Waals surface area contributed by atoms with E-state index in [1.165, 1.54) is 0 Å². The van der Waals surface area contributed by atoms with E-state index in [1.54, 1.807) is 6.08 Å². The lowest BCUT2D eigenvalue weighted by molar-refractivity contribution is -0.116. The number of nitrogens with one attached hydrogen (secondary N) is 1. The van der Waals surface area contributed by atoms with E-state index in [-0.39, 0.29) is 17.6 Å². The molecule has 1 N–H and O–H groups in total. The van der Waals surface area contributed by atoms with Gasteiger partial charge in [-0.25, -0.2) is 4.79 Å². The SMILES string of the molecule is CC(C)=CC(=O)[C@@H]1C[C@@H]1CNC(=O)OC(C)(C)C. The minimum absolute atomic E-state index is 0.0786. The molecule has 0 unspecified atom stereocenters. The first-order chi connectivity index (χ1) is 8.19. The van der Waals surface area contributed by atoms with Gasteiger partial charge in [-0.1, -0.05) is 5.57 Å². The van der Waals surface area contributed by atoms with Crippen LogP contribution in [-0.2, 0) is 9.53 Å². The van der Waals surface area contributed by atoms with Crippen LogP contribution in [0.2, 0.25) is 0 Å². The molecular formula is C14H23NO3. The average molecular weight is 253 g/mol. The van der Waals surface area contributed by atoms with Crippen molar-refractivity contribution in [3.05, 3.63) is 11.6 Å². The molecule has 1 amide bonds. The Bertz CT molecular complexity index is 362. The zero-order chi connectivity index (χ0) is 13.9. The summed E-state index contributed by atoms with van der Waals surface area (Å²) < 4.78 is 5.13. The van der Waals surface area contributed by atoms with Crippen molar-refractivity contribution in [3.63, 3.8) is 0 Å². The van der Waals surface area contributed by atoms with Gasteiger partial charge in [0.05, 0.1) is 0 Å². The van der Waals surface area contributed by atoms with E-state index < -0.39 is 11.7 Å². The van der Waals surface area contributed by atoms with Gasteiger partial charge in [0.2, 0.25) is 0 Å². The zero-order valence-electron chi connectivity index (χ0n) is 11.9. The normalized spacial score (nSPS) is 22.1. The molecule has 0 radical (unpaired) electrons. The Hall–Kier alpha value is -1.32. The number of amides is 1. The summed E-state index contributed by atoms with van der Waals surface area (Å²) in [6, 6.07) is 0. The molecule has 0 aromatic heterocycles. The highest BCUT2D eigenvalue weighted by Crippen LogP contribution is 2.39. The summed E-state index contributed by atoms with van der Waals surface area (Å²) in [7, 11) is 0. The van der Waals surface area contributed by atoms with Crippen molar-refractivity contribution in [3.8, 4) is 0 Å². The second-order valence-corrected chi connectivity index (χ2v) is 6.11. The molecule has 2 atom stereocenters. The van der Waals surface area contributed by atoms with E-state index in [0.29, 0.717) is 6.54 Å². The molecule has 0 heterocycles. The first-order valence-corrected chi connectivity index (χ1v) is 6.34. The molecule has 0 aromatic rings. The molecule has 102 valence electrons. The van der Waals surface area contributed by atoms with Gasteiger partial charge in [-0.2, -0.15) is 0 Å². The van der Waals surface area contributed by atoms with Gasteiger partial charge in [0.1, 0.15) is 5.60 Å². The third kappa shape index (κ3) is 5.34. The lowest BCUT2D eigenvalue weighted by Crippen LogP contribution is -2.33. The van der Waals surface area contributed by atoms with Crippen molar-refractivity contribution in [1.29, 1.82) is 0 Å². The van der Waals surface area contributed by atoms with Gasteiger partial charge in [-0.05, 0) is 53.0 Å². The lowest BCUT2D eigenvalue weighted by atomic mass is 10.1.